The molecule has 0 aliphatic carbocycles. The van der Waals surface area contributed by atoms with Gasteiger partial charge >= 0.3 is 0 Å². The Hall–Kier alpha value is -1.12. The molecule has 17 heavy (non-hydrogen) atoms. The first-order valence-electron chi connectivity index (χ1n) is 6.06. The van der Waals surface area contributed by atoms with Crippen LogP contribution in [0.5, 0.6) is 0 Å². The standard InChI is InChI=1S/C15H19NS/c1-11(2)7-12-3-5-13(6-4-12)14-8-15(9-16)17-10-14/h3-6,8,10-11H,7,9,16H2,1-2H3. The molecule has 1 aromatic heterocycles. The van der Waals surface area contributed by atoms with Crippen molar-refractivity contribution in [3.8, 4) is 11.1 Å². The summed E-state index contributed by atoms with van der Waals surface area (Å²) in [5.74, 6) is 0.714. The Morgan fingerprint density at radius 2 is 1.82 bits per heavy atom. The first kappa shape index (κ1) is 12.3. The van der Waals surface area contributed by atoms with E-state index >= 15 is 0 Å². The van der Waals surface area contributed by atoms with Gasteiger partial charge in [0.15, 0.2) is 0 Å². The fourth-order valence-electron chi connectivity index (χ4n) is 1.94. The van der Waals surface area contributed by atoms with E-state index in [2.05, 4.69) is 49.6 Å². The minimum absolute atomic E-state index is 0.635. The molecule has 1 aromatic carbocycles. The average Bonchev–Trinajstić information content (AvgIpc) is 2.78. The summed E-state index contributed by atoms with van der Waals surface area (Å²) in [5.41, 5.74) is 9.61. The summed E-state index contributed by atoms with van der Waals surface area (Å²) in [6.07, 6.45) is 1.15. The van der Waals surface area contributed by atoms with E-state index in [-0.39, 0.29) is 0 Å². The van der Waals surface area contributed by atoms with Gasteiger partial charge in [0.1, 0.15) is 0 Å². The zero-order valence-electron chi connectivity index (χ0n) is 10.4. The maximum Gasteiger partial charge on any atom is 0.0274 e. The van der Waals surface area contributed by atoms with Crippen LogP contribution < -0.4 is 5.73 Å². The molecule has 0 spiro atoms. The van der Waals surface area contributed by atoms with Gasteiger partial charge in [-0.05, 0) is 40.5 Å². The lowest BCUT2D eigenvalue weighted by atomic mass is 10.0. The molecule has 0 aliphatic rings. The number of benzene rings is 1. The second-order valence-electron chi connectivity index (χ2n) is 4.80. The van der Waals surface area contributed by atoms with E-state index in [0.717, 1.165) is 6.42 Å². The Morgan fingerprint density at radius 3 is 2.35 bits per heavy atom. The Bertz CT molecular complexity index is 468. The van der Waals surface area contributed by atoms with Crippen molar-refractivity contribution in [1.29, 1.82) is 0 Å². The molecule has 0 fully saturated rings. The third-order valence-electron chi connectivity index (χ3n) is 2.79. The van der Waals surface area contributed by atoms with Crippen molar-refractivity contribution in [2.45, 2.75) is 26.8 Å². The maximum absolute atomic E-state index is 5.63. The van der Waals surface area contributed by atoms with Gasteiger partial charge in [0.25, 0.3) is 0 Å². The normalized spacial score (nSPS) is 11.1. The summed E-state index contributed by atoms with van der Waals surface area (Å²) in [5, 5.41) is 2.18. The highest BCUT2D eigenvalue weighted by molar-refractivity contribution is 7.10. The molecule has 0 bridgehead atoms. The predicted molar refractivity (Wildman–Crippen MR) is 76.2 cm³/mol. The molecule has 0 saturated heterocycles. The van der Waals surface area contributed by atoms with E-state index in [1.165, 1.54) is 21.6 Å². The lowest BCUT2D eigenvalue weighted by Crippen LogP contribution is -1.93. The van der Waals surface area contributed by atoms with Gasteiger partial charge in [-0.1, -0.05) is 38.1 Å². The molecular weight excluding hydrogens is 226 g/mol. The van der Waals surface area contributed by atoms with Crippen LogP contribution in [0, 0.1) is 5.92 Å². The zero-order chi connectivity index (χ0) is 12.3. The van der Waals surface area contributed by atoms with Crippen molar-refractivity contribution in [1.82, 2.24) is 0 Å². The van der Waals surface area contributed by atoms with Crippen molar-refractivity contribution in [2.24, 2.45) is 11.7 Å². The van der Waals surface area contributed by atoms with Crippen LogP contribution in [0.15, 0.2) is 35.7 Å². The summed E-state index contributed by atoms with van der Waals surface area (Å²) < 4.78 is 0. The van der Waals surface area contributed by atoms with Crippen molar-refractivity contribution < 1.29 is 0 Å². The topological polar surface area (TPSA) is 26.0 Å². The van der Waals surface area contributed by atoms with Gasteiger partial charge in [-0.15, -0.1) is 11.3 Å². The van der Waals surface area contributed by atoms with Gasteiger partial charge in [-0.3, -0.25) is 0 Å². The highest BCUT2D eigenvalue weighted by Gasteiger charge is 2.02. The average molecular weight is 245 g/mol. The number of hydrogen-bond donors (Lipinski definition) is 1. The van der Waals surface area contributed by atoms with Gasteiger partial charge in [0.05, 0.1) is 0 Å². The second-order valence-corrected chi connectivity index (χ2v) is 5.80. The monoisotopic (exact) mass is 245 g/mol. The van der Waals surface area contributed by atoms with Gasteiger partial charge in [0, 0.05) is 11.4 Å². The highest BCUT2D eigenvalue weighted by Crippen LogP contribution is 2.26. The van der Waals surface area contributed by atoms with E-state index < -0.39 is 0 Å². The van der Waals surface area contributed by atoms with Crippen LogP contribution in [-0.4, -0.2) is 0 Å². The van der Waals surface area contributed by atoms with E-state index in [0.29, 0.717) is 12.5 Å². The number of hydrogen-bond acceptors (Lipinski definition) is 2. The van der Waals surface area contributed by atoms with Gasteiger partial charge in [-0.25, -0.2) is 0 Å². The Labute approximate surface area is 107 Å². The molecule has 0 aliphatic heterocycles. The van der Waals surface area contributed by atoms with E-state index in [9.17, 15) is 0 Å². The predicted octanol–water partition coefficient (Wildman–Crippen LogP) is 4.07. The highest BCUT2D eigenvalue weighted by atomic mass is 32.1. The molecule has 0 radical (unpaired) electrons. The second kappa shape index (κ2) is 5.48. The molecule has 0 amide bonds. The molecular formula is C15H19NS. The summed E-state index contributed by atoms with van der Waals surface area (Å²) in [6.45, 7) is 5.14. The van der Waals surface area contributed by atoms with Gasteiger partial charge in [0.2, 0.25) is 0 Å². The largest absolute Gasteiger partial charge is 0.326 e. The third kappa shape index (κ3) is 3.18. The van der Waals surface area contributed by atoms with E-state index in [4.69, 9.17) is 5.73 Å². The maximum atomic E-state index is 5.63. The molecule has 1 heterocycles. The number of nitrogens with two attached hydrogens (primary N) is 1. The van der Waals surface area contributed by atoms with Crippen molar-refractivity contribution >= 4 is 11.3 Å². The van der Waals surface area contributed by atoms with Crippen LogP contribution in [-0.2, 0) is 13.0 Å². The van der Waals surface area contributed by atoms with Crippen LogP contribution in [0.4, 0.5) is 0 Å². The molecule has 90 valence electrons. The van der Waals surface area contributed by atoms with Crippen LogP contribution in [0.2, 0.25) is 0 Å². The van der Waals surface area contributed by atoms with Crippen molar-refractivity contribution in [3.05, 3.63) is 46.2 Å². The lowest BCUT2D eigenvalue weighted by molar-refractivity contribution is 0.647. The molecule has 0 atom stereocenters. The fourth-order valence-corrected chi connectivity index (χ4v) is 2.72. The summed E-state index contributed by atoms with van der Waals surface area (Å²) in [6, 6.07) is 11.1. The molecule has 2 N–H and O–H groups in total. The summed E-state index contributed by atoms with van der Waals surface area (Å²) in [4.78, 5) is 1.24. The molecule has 2 rings (SSSR count). The zero-order valence-corrected chi connectivity index (χ0v) is 11.3. The smallest absolute Gasteiger partial charge is 0.0274 e. The van der Waals surface area contributed by atoms with Crippen molar-refractivity contribution in [2.75, 3.05) is 0 Å². The number of rotatable bonds is 4. The van der Waals surface area contributed by atoms with E-state index in [1.54, 1.807) is 11.3 Å². The number of thiophene rings is 1. The quantitative estimate of drug-likeness (QED) is 0.863. The Kier molecular flexibility index (Phi) is 3.97. The Balaban J connectivity index is 2.17. The first-order valence-corrected chi connectivity index (χ1v) is 6.94. The minimum Gasteiger partial charge on any atom is -0.326 e. The fraction of sp³-hybridized carbons (Fsp3) is 0.333. The Morgan fingerprint density at radius 1 is 1.12 bits per heavy atom. The first-order chi connectivity index (χ1) is 8.19. The summed E-state index contributed by atoms with van der Waals surface area (Å²) in [7, 11) is 0. The SMILES string of the molecule is CC(C)Cc1ccc(-c2csc(CN)c2)cc1. The third-order valence-corrected chi connectivity index (χ3v) is 3.75. The van der Waals surface area contributed by atoms with Crippen LogP contribution in [0.1, 0.15) is 24.3 Å². The van der Waals surface area contributed by atoms with Crippen molar-refractivity contribution in [3.63, 3.8) is 0 Å². The summed E-state index contributed by atoms with van der Waals surface area (Å²) >= 11 is 1.73. The van der Waals surface area contributed by atoms with E-state index in [1.807, 2.05) is 0 Å². The molecule has 2 aromatic rings. The minimum atomic E-state index is 0.635. The van der Waals surface area contributed by atoms with Crippen LogP contribution in [0.3, 0.4) is 0 Å². The molecule has 2 heteroatoms. The molecule has 0 unspecified atom stereocenters. The molecule has 1 nitrogen and oxygen atoms in total. The van der Waals surface area contributed by atoms with Crippen LogP contribution in [0.25, 0.3) is 11.1 Å². The van der Waals surface area contributed by atoms with Gasteiger partial charge < -0.3 is 5.73 Å². The lowest BCUT2D eigenvalue weighted by Gasteiger charge is -2.05. The molecule has 0 saturated carbocycles. The van der Waals surface area contributed by atoms with Crippen LogP contribution >= 0.6 is 11.3 Å². The van der Waals surface area contributed by atoms with Gasteiger partial charge in [-0.2, -0.15) is 0 Å².